The van der Waals surface area contributed by atoms with Gasteiger partial charge in [-0.25, -0.2) is 0 Å². The Morgan fingerprint density at radius 3 is 1.33 bits per heavy atom. The summed E-state index contributed by atoms with van der Waals surface area (Å²) in [5.41, 5.74) is -0.768. The average molecular weight is 264 g/mol. The van der Waals surface area contributed by atoms with E-state index in [-0.39, 0.29) is 10.8 Å². The van der Waals surface area contributed by atoms with Crippen LogP contribution >= 0.6 is 0 Å². The molecule has 0 aliphatic rings. The molecule has 4 heteroatoms. The summed E-state index contributed by atoms with van der Waals surface area (Å²) in [6, 6.07) is 0. The number of aliphatic hydroxyl groups is 4. The molecule has 0 saturated carbocycles. The first-order valence-electron chi connectivity index (χ1n) is 6.59. The van der Waals surface area contributed by atoms with Crippen LogP contribution in [0.5, 0.6) is 0 Å². The summed E-state index contributed by atoms with van der Waals surface area (Å²) in [6.45, 7) is 13.2. The molecule has 112 valence electrons. The van der Waals surface area contributed by atoms with Crippen LogP contribution in [-0.2, 0) is 0 Å². The summed E-state index contributed by atoms with van der Waals surface area (Å²) in [5, 5.41) is 35.0. The maximum atomic E-state index is 9.03. The highest BCUT2D eigenvalue weighted by Gasteiger charge is 2.31. The van der Waals surface area contributed by atoms with E-state index in [4.69, 9.17) is 20.4 Å². The van der Waals surface area contributed by atoms with Crippen LogP contribution in [0.1, 0.15) is 61.3 Å². The molecular formula is C14H32O4. The Labute approximate surface area is 112 Å². The fourth-order valence-corrected chi connectivity index (χ4v) is 1.06. The molecule has 4 nitrogen and oxygen atoms in total. The van der Waals surface area contributed by atoms with Gasteiger partial charge in [0.2, 0.25) is 0 Å². The summed E-state index contributed by atoms with van der Waals surface area (Å²) < 4.78 is 0. The zero-order chi connectivity index (χ0) is 15.1. The van der Waals surface area contributed by atoms with Gasteiger partial charge in [-0.2, -0.15) is 0 Å². The van der Waals surface area contributed by atoms with Crippen LogP contribution in [0.4, 0.5) is 0 Å². The largest absolute Gasteiger partial charge is 0.368 e. The lowest BCUT2D eigenvalue weighted by Gasteiger charge is -2.33. The first kappa shape index (κ1) is 20.2. The van der Waals surface area contributed by atoms with Crippen molar-refractivity contribution in [3.63, 3.8) is 0 Å². The quantitative estimate of drug-likeness (QED) is 0.586. The number of hydrogen-bond donors (Lipinski definition) is 4. The Bertz CT molecular complexity index is 204. The second kappa shape index (κ2) is 8.10. The van der Waals surface area contributed by atoms with Crippen molar-refractivity contribution in [1.82, 2.24) is 0 Å². The normalized spacial score (nSPS) is 14.5. The summed E-state index contributed by atoms with van der Waals surface area (Å²) in [7, 11) is 0. The molecule has 0 spiro atoms. The summed E-state index contributed by atoms with van der Waals surface area (Å²) in [6.07, 6.45) is -0.265. The minimum atomic E-state index is -1.20. The van der Waals surface area contributed by atoms with Gasteiger partial charge in [-0.3, -0.25) is 0 Å². The molecule has 0 heterocycles. The van der Waals surface area contributed by atoms with E-state index in [1.54, 1.807) is 20.8 Å². The van der Waals surface area contributed by atoms with Crippen LogP contribution in [0.25, 0.3) is 0 Å². The maximum Gasteiger partial charge on any atom is 0.156 e. The van der Waals surface area contributed by atoms with Crippen molar-refractivity contribution in [3.8, 4) is 0 Å². The molecular weight excluding hydrogens is 232 g/mol. The van der Waals surface area contributed by atoms with Crippen LogP contribution in [0, 0.1) is 16.7 Å². The SMILES string of the molecule is CC(C)(C)C(O)O.CCCC(C)C(C)(C)C(O)O. The van der Waals surface area contributed by atoms with Crippen LogP contribution in [0.15, 0.2) is 0 Å². The Kier molecular flexibility index (Phi) is 9.07. The number of aliphatic hydroxyl groups excluding tert-OH is 2. The van der Waals surface area contributed by atoms with Crippen molar-refractivity contribution in [2.75, 3.05) is 0 Å². The minimum Gasteiger partial charge on any atom is -0.368 e. The fourth-order valence-electron chi connectivity index (χ4n) is 1.06. The molecule has 1 atom stereocenters. The first-order valence-corrected chi connectivity index (χ1v) is 6.59. The van der Waals surface area contributed by atoms with Crippen molar-refractivity contribution in [2.24, 2.45) is 16.7 Å². The van der Waals surface area contributed by atoms with Crippen LogP contribution in [0.3, 0.4) is 0 Å². The van der Waals surface area contributed by atoms with Crippen LogP contribution in [0.2, 0.25) is 0 Å². The average Bonchev–Trinajstić information content (AvgIpc) is 2.17. The molecule has 0 rings (SSSR count). The Morgan fingerprint density at radius 2 is 1.17 bits per heavy atom. The van der Waals surface area contributed by atoms with Gasteiger partial charge >= 0.3 is 0 Å². The molecule has 0 bridgehead atoms. The molecule has 0 radical (unpaired) electrons. The zero-order valence-corrected chi connectivity index (χ0v) is 12.9. The topological polar surface area (TPSA) is 80.9 Å². The maximum absolute atomic E-state index is 9.03. The highest BCUT2D eigenvalue weighted by molar-refractivity contribution is 4.76. The highest BCUT2D eigenvalue weighted by Crippen LogP contribution is 2.32. The summed E-state index contributed by atoms with van der Waals surface area (Å²) in [5.74, 6) is 0.354. The fraction of sp³-hybridized carbons (Fsp3) is 1.00. The van der Waals surface area contributed by atoms with E-state index in [2.05, 4.69) is 13.8 Å². The Balaban J connectivity index is 0. The third kappa shape index (κ3) is 8.03. The van der Waals surface area contributed by atoms with E-state index < -0.39 is 12.6 Å². The van der Waals surface area contributed by atoms with E-state index in [9.17, 15) is 0 Å². The standard InChI is InChI=1S/C9H20O2.C5H12O2/c1-5-6-7(2)9(3,4)8(10)11;1-5(2,3)4(6)7/h7-8,10-11H,5-6H2,1-4H3;4,6-7H,1-3H3. The van der Waals surface area contributed by atoms with Gasteiger partial charge in [-0.1, -0.05) is 61.3 Å². The molecule has 1 unspecified atom stereocenters. The van der Waals surface area contributed by atoms with E-state index >= 15 is 0 Å². The molecule has 0 aromatic rings. The van der Waals surface area contributed by atoms with Gasteiger partial charge in [-0.05, 0) is 5.92 Å². The molecule has 18 heavy (non-hydrogen) atoms. The molecule has 0 saturated heterocycles. The summed E-state index contributed by atoms with van der Waals surface area (Å²) in [4.78, 5) is 0. The van der Waals surface area contributed by atoms with Crippen molar-refractivity contribution < 1.29 is 20.4 Å². The second-order valence-electron chi connectivity index (χ2n) is 6.62. The van der Waals surface area contributed by atoms with Gasteiger partial charge in [0.25, 0.3) is 0 Å². The van der Waals surface area contributed by atoms with E-state index in [1.165, 1.54) is 0 Å². The van der Waals surface area contributed by atoms with Gasteiger partial charge in [0.15, 0.2) is 12.6 Å². The van der Waals surface area contributed by atoms with E-state index in [1.807, 2.05) is 13.8 Å². The van der Waals surface area contributed by atoms with Crippen LogP contribution in [-0.4, -0.2) is 33.0 Å². The molecule has 0 fully saturated rings. The highest BCUT2D eigenvalue weighted by atomic mass is 16.5. The second-order valence-corrected chi connectivity index (χ2v) is 6.62. The third-order valence-electron chi connectivity index (χ3n) is 3.43. The lowest BCUT2D eigenvalue weighted by molar-refractivity contribution is -0.141. The van der Waals surface area contributed by atoms with Gasteiger partial charge in [0, 0.05) is 10.8 Å². The molecule has 0 amide bonds. The van der Waals surface area contributed by atoms with Crippen molar-refractivity contribution in [1.29, 1.82) is 0 Å². The van der Waals surface area contributed by atoms with Crippen molar-refractivity contribution >= 4 is 0 Å². The Morgan fingerprint density at radius 1 is 0.833 bits per heavy atom. The van der Waals surface area contributed by atoms with Gasteiger partial charge in [0.1, 0.15) is 0 Å². The minimum absolute atomic E-state index is 0.354. The molecule has 0 aromatic carbocycles. The molecule has 0 aliphatic carbocycles. The zero-order valence-electron chi connectivity index (χ0n) is 12.9. The molecule has 0 aromatic heterocycles. The van der Waals surface area contributed by atoms with Gasteiger partial charge < -0.3 is 20.4 Å². The number of hydrogen-bond acceptors (Lipinski definition) is 4. The summed E-state index contributed by atoms with van der Waals surface area (Å²) >= 11 is 0. The third-order valence-corrected chi connectivity index (χ3v) is 3.43. The van der Waals surface area contributed by atoms with Crippen molar-refractivity contribution in [2.45, 2.75) is 73.9 Å². The van der Waals surface area contributed by atoms with Gasteiger partial charge in [-0.15, -0.1) is 0 Å². The van der Waals surface area contributed by atoms with Crippen LogP contribution < -0.4 is 0 Å². The Hall–Kier alpha value is -0.160. The lowest BCUT2D eigenvalue weighted by atomic mass is 9.77. The predicted molar refractivity (Wildman–Crippen MR) is 73.8 cm³/mol. The molecule has 4 N–H and O–H groups in total. The predicted octanol–water partition coefficient (Wildman–Crippen LogP) is 2.10. The smallest absolute Gasteiger partial charge is 0.156 e. The monoisotopic (exact) mass is 264 g/mol. The van der Waals surface area contributed by atoms with E-state index in [0.717, 1.165) is 12.8 Å². The molecule has 0 aliphatic heterocycles. The van der Waals surface area contributed by atoms with Crippen molar-refractivity contribution in [3.05, 3.63) is 0 Å². The van der Waals surface area contributed by atoms with Gasteiger partial charge in [0.05, 0.1) is 0 Å². The van der Waals surface area contributed by atoms with E-state index in [0.29, 0.717) is 5.92 Å². The first-order chi connectivity index (χ1) is 7.87. The number of rotatable bonds is 4. The lowest BCUT2D eigenvalue weighted by Crippen LogP contribution is -2.35.